The minimum Gasteiger partial charge on any atom is -0.434 e. The number of aromatic nitrogens is 2. The van der Waals surface area contributed by atoms with Crippen LogP contribution in [0, 0.1) is 16.7 Å². The molecule has 3 aliphatic rings. The molecule has 0 spiro atoms. The number of anilines is 2. The number of nitrogens with zero attached hydrogens (tertiary/aromatic N) is 3. The Morgan fingerprint density at radius 3 is 2.52 bits per heavy atom. The standard InChI is InChI=1S/C22H26F2N6O/c23-19(24)31-17-4-2-1-3-15(17)12-27-20-28-13-16(11-25)18(30-20)29-14-21-5-8-22(26,9-6-21)10-7-21/h1-4,13,19H,5-10,12,14,26H2,(H2,27,28,29,30). The van der Waals surface area contributed by atoms with Gasteiger partial charge < -0.3 is 21.1 Å². The fraction of sp³-hybridized carbons (Fsp3) is 0.500. The van der Waals surface area contributed by atoms with Crippen LogP contribution >= 0.6 is 0 Å². The average molecular weight is 428 g/mol. The van der Waals surface area contributed by atoms with Gasteiger partial charge in [-0.3, -0.25) is 0 Å². The predicted octanol–water partition coefficient (Wildman–Crippen LogP) is 4.03. The third kappa shape index (κ3) is 4.85. The van der Waals surface area contributed by atoms with E-state index in [1.807, 2.05) is 0 Å². The molecule has 2 aromatic rings. The maximum absolute atomic E-state index is 12.6. The van der Waals surface area contributed by atoms with Crippen molar-refractivity contribution in [1.29, 1.82) is 5.26 Å². The van der Waals surface area contributed by atoms with E-state index in [4.69, 9.17) is 5.73 Å². The molecule has 0 unspecified atom stereocenters. The Hall–Kier alpha value is -2.99. The zero-order valence-electron chi connectivity index (χ0n) is 17.2. The van der Waals surface area contributed by atoms with E-state index in [-0.39, 0.29) is 23.2 Å². The van der Waals surface area contributed by atoms with E-state index in [9.17, 15) is 14.0 Å². The first kappa shape index (κ1) is 21.2. The summed E-state index contributed by atoms with van der Waals surface area (Å²) in [6.07, 6.45) is 7.81. The van der Waals surface area contributed by atoms with E-state index in [1.165, 1.54) is 12.3 Å². The zero-order valence-corrected chi connectivity index (χ0v) is 17.2. The Kier molecular flexibility index (Phi) is 5.92. The molecule has 1 aromatic heterocycles. The maximum Gasteiger partial charge on any atom is 0.387 e. The number of nitrogens with two attached hydrogens (primary N) is 1. The lowest BCUT2D eigenvalue weighted by atomic mass is 9.57. The Morgan fingerprint density at radius 2 is 1.84 bits per heavy atom. The van der Waals surface area contributed by atoms with Gasteiger partial charge in [-0.25, -0.2) is 4.98 Å². The molecule has 164 valence electrons. The lowest BCUT2D eigenvalue weighted by Gasteiger charge is -2.52. The molecule has 0 amide bonds. The van der Waals surface area contributed by atoms with Gasteiger partial charge in [0.25, 0.3) is 0 Å². The fourth-order valence-electron chi connectivity index (χ4n) is 4.55. The van der Waals surface area contributed by atoms with Crippen LogP contribution < -0.4 is 21.1 Å². The van der Waals surface area contributed by atoms with Gasteiger partial charge in [-0.15, -0.1) is 0 Å². The van der Waals surface area contributed by atoms with Gasteiger partial charge in [-0.05, 0) is 50.0 Å². The van der Waals surface area contributed by atoms with E-state index in [0.29, 0.717) is 22.9 Å². The summed E-state index contributed by atoms with van der Waals surface area (Å²) >= 11 is 0. The number of hydrogen-bond acceptors (Lipinski definition) is 7. The van der Waals surface area contributed by atoms with Crippen molar-refractivity contribution in [3.05, 3.63) is 41.6 Å². The number of benzene rings is 1. The van der Waals surface area contributed by atoms with Crippen LogP contribution in [0.1, 0.15) is 49.7 Å². The van der Waals surface area contributed by atoms with Gasteiger partial charge in [-0.1, -0.05) is 18.2 Å². The summed E-state index contributed by atoms with van der Waals surface area (Å²) in [5, 5.41) is 15.8. The van der Waals surface area contributed by atoms with Crippen LogP contribution in [0.3, 0.4) is 0 Å². The molecule has 0 atom stereocenters. The second-order valence-electron chi connectivity index (χ2n) is 8.62. The molecule has 0 aliphatic heterocycles. The summed E-state index contributed by atoms with van der Waals surface area (Å²) in [7, 11) is 0. The molecule has 7 nitrogen and oxygen atoms in total. The van der Waals surface area contributed by atoms with Crippen LogP contribution in [0.5, 0.6) is 5.75 Å². The average Bonchev–Trinajstić information content (AvgIpc) is 2.78. The second kappa shape index (κ2) is 8.63. The van der Waals surface area contributed by atoms with Crippen LogP contribution in [0.25, 0.3) is 0 Å². The lowest BCUT2D eigenvalue weighted by molar-refractivity contribution is -0.0504. The highest BCUT2D eigenvalue weighted by Gasteiger charge is 2.46. The molecule has 3 saturated carbocycles. The van der Waals surface area contributed by atoms with Gasteiger partial charge in [0, 0.05) is 24.2 Å². The van der Waals surface area contributed by atoms with Crippen molar-refractivity contribution >= 4 is 11.8 Å². The molecule has 0 saturated heterocycles. The van der Waals surface area contributed by atoms with Crippen molar-refractivity contribution in [2.75, 3.05) is 17.2 Å². The Bertz CT molecular complexity index is 952. The van der Waals surface area contributed by atoms with Crippen LogP contribution in [0.2, 0.25) is 0 Å². The number of rotatable bonds is 8. The van der Waals surface area contributed by atoms with E-state index in [1.54, 1.807) is 18.2 Å². The molecule has 3 aliphatic carbocycles. The van der Waals surface area contributed by atoms with Crippen molar-refractivity contribution in [3.8, 4) is 11.8 Å². The van der Waals surface area contributed by atoms with Gasteiger partial charge >= 0.3 is 6.61 Å². The topological polar surface area (TPSA) is 109 Å². The molecule has 3 fully saturated rings. The first-order chi connectivity index (χ1) is 14.9. The van der Waals surface area contributed by atoms with Crippen molar-refractivity contribution in [2.24, 2.45) is 11.1 Å². The van der Waals surface area contributed by atoms with Crippen molar-refractivity contribution in [3.63, 3.8) is 0 Å². The summed E-state index contributed by atoms with van der Waals surface area (Å²) < 4.78 is 29.8. The number of fused-ring (bicyclic) bond motifs is 3. The minimum atomic E-state index is -2.90. The molecule has 31 heavy (non-hydrogen) atoms. The molecule has 2 bridgehead atoms. The SMILES string of the molecule is N#Cc1cnc(NCc2ccccc2OC(F)F)nc1NCC12CCC(N)(CC1)CC2. The van der Waals surface area contributed by atoms with E-state index in [2.05, 4.69) is 31.4 Å². The number of para-hydroxylation sites is 1. The normalized spacial score (nSPS) is 24.6. The molecular formula is C22H26F2N6O. The van der Waals surface area contributed by atoms with Crippen LogP contribution in [-0.2, 0) is 6.54 Å². The monoisotopic (exact) mass is 428 g/mol. The third-order valence-electron chi connectivity index (χ3n) is 6.63. The quantitative estimate of drug-likeness (QED) is 0.582. The molecule has 5 rings (SSSR count). The Labute approximate surface area is 180 Å². The van der Waals surface area contributed by atoms with Crippen LogP contribution in [0.15, 0.2) is 30.5 Å². The van der Waals surface area contributed by atoms with Crippen molar-refractivity contribution in [1.82, 2.24) is 9.97 Å². The van der Waals surface area contributed by atoms with Crippen LogP contribution in [-0.4, -0.2) is 28.7 Å². The highest BCUT2D eigenvalue weighted by atomic mass is 19.3. The number of nitrogens with one attached hydrogen (secondary N) is 2. The van der Waals surface area contributed by atoms with Gasteiger partial charge in [0.15, 0.2) is 0 Å². The molecule has 1 aromatic carbocycles. The number of alkyl halides is 2. The van der Waals surface area contributed by atoms with Crippen LogP contribution in [0.4, 0.5) is 20.5 Å². The summed E-state index contributed by atoms with van der Waals surface area (Å²) in [6.45, 7) is -1.96. The zero-order chi connectivity index (χ0) is 21.9. The van der Waals surface area contributed by atoms with Gasteiger partial charge in [0.2, 0.25) is 5.95 Å². The highest BCUT2D eigenvalue weighted by molar-refractivity contribution is 5.53. The summed E-state index contributed by atoms with van der Waals surface area (Å²) in [6, 6.07) is 8.67. The van der Waals surface area contributed by atoms with E-state index in [0.717, 1.165) is 45.1 Å². The Morgan fingerprint density at radius 1 is 1.13 bits per heavy atom. The summed E-state index contributed by atoms with van der Waals surface area (Å²) in [5.41, 5.74) is 7.52. The minimum absolute atomic E-state index is 0.00982. The molecular weight excluding hydrogens is 402 g/mol. The van der Waals surface area contributed by atoms with E-state index >= 15 is 0 Å². The van der Waals surface area contributed by atoms with Gasteiger partial charge in [0.1, 0.15) is 23.2 Å². The number of ether oxygens (including phenoxy) is 1. The molecule has 4 N–H and O–H groups in total. The smallest absolute Gasteiger partial charge is 0.387 e. The van der Waals surface area contributed by atoms with Crippen molar-refractivity contribution < 1.29 is 13.5 Å². The molecule has 0 radical (unpaired) electrons. The predicted molar refractivity (Wildman–Crippen MR) is 113 cm³/mol. The molecule has 1 heterocycles. The first-order valence-electron chi connectivity index (χ1n) is 10.5. The van der Waals surface area contributed by atoms with Gasteiger partial charge in [-0.2, -0.15) is 19.0 Å². The summed E-state index contributed by atoms with van der Waals surface area (Å²) in [5.74, 6) is 0.877. The Balaban J connectivity index is 1.43. The maximum atomic E-state index is 12.6. The largest absolute Gasteiger partial charge is 0.434 e. The van der Waals surface area contributed by atoms with Gasteiger partial charge in [0.05, 0.1) is 6.20 Å². The number of halogens is 2. The summed E-state index contributed by atoms with van der Waals surface area (Å²) in [4.78, 5) is 8.63. The number of hydrogen-bond donors (Lipinski definition) is 3. The highest BCUT2D eigenvalue weighted by Crippen LogP contribution is 2.51. The lowest BCUT2D eigenvalue weighted by Crippen LogP contribution is -2.53. The first-order valence-corrected chi connectivity index (χ1v) is 10.5. The van der Waals surface area contributed by atoms with Crippen molar-refractivity contribution in [2.45, 2.75) is 57.2 Å². The number of nitriles is 1. The van der Waals surface area contributed by atoms with E-state index < -0.39 is 6.61 Å². The second-order valence-corrected chi connectivity index (χ2v) is 8.62. The third-order valence-corrected chi connectivity index (χ3v) is 6.63. The fourth-order valence-corrected chi connectivity index (χ4v) is 4.55. The molecule has 9 heteroatoms.